The van der Waals surface area contributed by atoms with Gasteiger partial charge in [-0.2, -0.15) is 4.98 Å². The summed E-state index contributed by atoms with van der Waals surface area (Å²) >= 11 is 0. The van der Waals surface area contributed by atoms with E-state index in [-0.39, 0.29) is 6.10 Å². The first-order valence-corrected chi connectivity index (χ1v) is 4.77. The quantitative estimate of drug-likeness (QED) is 0.787. The van der Waals surface area contributed by atoms with E-state index in [0.717, 1.165) is 18.8 Å². The second-order valence-corrected chi connectivity index (χ2v) is 3.21. The third kappa shape index (κ3) is 2.14. The molecule has 1 aliphatic rings. The molecule has 1 N–H and O–H groups in total. The van der Waals surface area contributed by atoms with E-state index < -0.39 is 0 Å². The Morgan fingerprint density at radius 1 is 1.57 bits per heavy atom. The maximum Gasteiger partial charge on any atom is 0.215 e. The van der Waals surface area contributed by atoms with Gasteiger partial charge in [0, 0.05) is 19.5 Å². The molecule has 1 aromatic heterocycles. The molecule has 0 bridgehead atoms. The summed E-state index contributed by atoms with van der Waals surface area (Å²) in [6.45, 7) is 1.46. The first-order valence-electron chi connectivity index (χ1n) is 4.77. The Bertz CT molecular complexity index is 298. The zero-order chi connectivity index (χ0) is 9.80. The van der Waals surface area contributed by atoms with Crippen molar-refractivity contribution in [1.29, 1.82) is 0 Å². The van der Waals surface area contributed by atoms with E-state index >= 15 is 0 Å². The van der Waals surface area contributed by atoms with Gasteiger partial charge in [-0.05, 0) is 6.07 Å². The van der Waals surface area contributed by atoms with Crippen LogP contribution in [0.4, 0.5) is 5.82 Å². The van der Waals surface area contributed by atoms with Crippen LogP contribution in [0.1, 0.15) is 6.42 Å². The van der Waals surface area contributed by atoms with Crippen LogP contribution in [-0.4, -0.2) is 31.3 Å². The smallest absolute Gasteiger partial charge is 0.215 e. The summed E-state index contributed by atoms with van der Waals surface area (Å²) in [5, 5.41) is 2.97. The van der Waals surface area contributed by atoms with Crippen LogP contribution >= 0.6 is 0 Å². The lowest BCUT2D eigenvalue weighted by Crippen LogP contribution is -2.16. The van der Waals surface area contributed by atoms with Gasteiger partial charge in [-0.25, -0.2) is 0 Å². The molecular formula is C10H14N2O2. The van der Waals surface area contributed by atoms with Crippen molar-refractivity contribution in [3.63, 3.8) is 0 Å². The summed E-state index contributed by atoms with van der Waals surface area (Å²) in [4.78, 5) is 4.27. The highest BCUT2D eigenvalue weighted by Crippen LogP contribution is 2.16. The van der Waals surface area contributed by atoms with Gasteiger partial charge in [0.2, 0.25) is 5.88 Å². The number of pyridine rings is 1. The predicted octanol–water partition coefficient (Wildman–Crippen LogP) is 1.29. The fourth-order valence-corrected chi connectivity index (χ4v) is 1.40. The number of rotatable bonds is 3. The van der Waals surface area contributed by atoms with Crippen molar-refractivity contribution in [1.82, 2.24) is 4.98 Å². The molecule has 4 heteroatoms. The molecule has 1 unspecified atom stereocenters. The highest BCUT2D eigenvalue weighted by atomic mass is 16.5. The second-order valence-electron chi connectivity index (χ2n) is 3.21. The molecule has 0 aromatic carbocycles. The minimum atomic E-state index is 0.162. The summed E-state index contributed by atoms with van der Waals surface area (Å²) in [5.74, 6) is 1.48. The van der Waals surface area contributed by atoms with Crippen LogP contribution in [0.25, 0.3) is 0 Å². The molecule has 2 heterocycles. The van der Waals surface area contributed by atoms with E-state index in [1.807, 2.05) is 25.2 Å². The largest absolute Gasteiger partial charge is 0.472 e. The van der Waals surface area contributed by atoms with Crippen molar-refractivity contribution >= 4 is 5.82 Å². The molecular weight excluding hydrogens is 180 g/mol. The lowest BCUT2D eigenvalue weighted by molar-refractivity contribution is 0.138. The van der Waals surface area contributed by atoms with Gasteiger partial charge in [0.25, 0.3) is 0 Å². The first kappa shape index (κ1) is 9.27. The molecule has 0 aliphatic carbocycles. The van der Waals surface area contributed by atoms with Crippen molar-refractivity contribution in [2.45, 2.75) is 12.5 Å². The van der Waals surface area contributed by atoms with Gasteiger partial charge in [-0.1, -0.05) is 6.07 Å². The van der Waals surface area contributed by atoms with E-state index in [4.69, 9.17) is 9.47 Å². The summed E-state index contributed by atoms with van der Waals surface area (Å²) < 4.78 is 10.9. The Kier molecular flexibility index (Phi) is 2.84. The number of aromatic nitrogens is 1. The fourth-order valence-electron chi connectivity index (χ4n) is 1.40. The van der Waals surface area contributed by atoms with Gasteiger partial charge in [0.1, 0.15) is 11.9 Å². The van der Waals surface area contributed by atoms with Crippen LogP contribution in [0.2, 0.25) is 0 Å². The number of anilines is 1. The molecule has 1 aromatic rings. The molecule has 1 fully saturated rings. The molecule has 0 saturated carbocycles. The molecule has 0 spiro atoms. The van der Waals surface area contributed by atoms with Crippen molar-refractivity contribution in [3.8, 4) is 5.88 Å². The van der Waals surface area contributed by atoms with Gasteiger partial charge >= 0.3 is 0 Å². The molecule has 1 saturated heterocycles. The summed E-state index contributed by atoms with van der Waals surface area (Å²) in [6, 6.07) is 5.68. The Morgan fingerprint density at radius 2 is 2.50 bits per heavy atom. The van der Waals surface area contributed by atoms with Crippen LogP contribution in [-0.2, 0) is 4.74 Å². The Labute approximate surface area is 83.2 Å². The number of hydrogen-bond donors (Lipinski definition) is 1. The topological polar surface area (TPSA) is 43.4 Å². The van der Waals surface area contributed by atoms with Crippen LogP contribution in [0.5, 0.6) is 5.88 Å². The zero-order valence-electron chi connectivity index (χ0n) is 8.19. The maximum absolute atomic E-state index is 5.64. The lowest BCUT2D eigenvalue weighted by atomic mass is 10.3. The van der Waals surface area contributed by atoms with E-state index in [9.17, 15) is 0 Å². The zero-order valence-corrected chi connectivity index (χ0v) is 8.19. The van der Waals surface area contributed by atoms with E-state index in [2.05, 4.69) is 10.3 Å². The molecule has 76 valence electrons. The third-order valence-corrected chi connectivity index (χ3v) is 2.16. The average molecular weight is 194 g/mol. The third-order valence-electron chi connectivity index (χ3n) is 2.16. The van der Waals surface area contributed by atoms with Crippen LogP contribution in [0, 0.1) is 0 Å². The maximum atomic E-state index is 5.64. The van der Waals surface area contributed by atoms with Crippen molar-refractivity contribution < 1.29 is 9.47 Å². The van der Waals surface area contributed by atoms with Crippen LogP contribution < -0.4 is 10.1 Å². The summed E-state index contributed by atoms with van der Waals surface area (Å²) in [6.07, 6.45) is 1.11. The van der Waals surface area contributed by atoms with Crippen LogP contribution in [0.3, 0.4) is 0 Å². The SMILES string of the molecule is CNc1cccc(OC2CCOC2)n1. The predicted molar refractivity (Wildman–Crippen MR) is 53.6 cm³/mol. The fraction of sp³-hybridized carbons (Fsp3) is 0.500. The minimum Gasteiger partial charge on any atom is -0.472 e. The average Bonchev–Trinajstić information content (AvgIpc) is 2.71. The molecule has 0 radical (unpaired) electrons. The van der Waals surface area contributed by atoms with Crippen LogP contribution in [0.15, 0.2) is 18.2 Å². The van der Waals surface area contributed by atoms with Crippen molar-refractivity contribution in [3.05, 3.63) is 18.2 Å². The molecule has 4 nitrogen and oxygen atoms in total. The van der Waals surface area contributed by atoms with Crippen molar-refractivity contribution in [2.24, 2.45) is 0 Å². The Hall–Kier alpha value is -1.29. The first-order chi connectivity index (χ1) is 6.88. The molecule has 2 rings (SSSR count). The second kappa shape index (κ2) is 4.28. The Balaban J connectivity index is 2.00. The molecule has 0 amide bonds. The number of nitrogens with one attached hydrogen (secondary N) is 1. The number of ether oxygens (including phenoxy) is 2. The van der Waals surface area contributed by atoms with E-state index in [1.54, 1.807) is 0 Å². The summed E-state index contributed by atoms with van der Waals surface area (Å²) in [7, 11) is 1.84. The summed E-state index contributed by atoms with van der Waals surface area (Å²) in [5.41, 5.74) is 0. The normalized spacial score (nSPS) is 20.8. The number of hydrogen-bond acceptors (Lipinski definition) is 4. The monoisotopic (exact) mass is 194 g/mol. The lowest BCUT2D eigenvalue weighted by Gasteiger charge is -2.11. The van der Waals surface area contributed by atoms with Crippen molar-refractivity contribution in [2.75, 3.05) is 25.6 Å². The highest BCUT2D eigenvalue weighted by Gasteiger charge is 2.17. The molecule has 14 heavy (non-hydrogen) atoms. The standard InChI is InChI=1S/C10H14N2O2/c1-11-9-3-2-4-10(12-9)14-8-5-6-13-7-8/h2-4,8H,5-7H2,1H3,(H,11,12). The highest BCUT2D eigenvalue weighted by molar-refractivity contribution is 5.36. The molecule has 1 aliphatic heterocycles. The van der Waals surface area contributed by atoms with Gasteiger partial charge in [-0.15, -0.1) is 0 Å². The minimum absolute atomic E-state index is 0.162. The molecule has 1 atom stereocenters. The Morgan fingerprint density at radius 3 is 3.21 bits per heavy atom. The van der Waals surface area contributed by atoms with Gasteiger partial charge in [-0.3, -0.25) is 0 Å². The van der Waals surface area contributed by atoms with Gasteiger partial charge in [0.05, 0.1) is 13.2 Å². The van der Waals surface area contributed by atoms with E-state index in [0.29, 0.717) is 12.5 Å². The van der Waals surface area contributed by atoms with Gasteiger partial charge < -0.3 is 14.8 Å². The number of nitrogens with zero attached hydrogens (tertiary/aromatic N) is 1. The van der Waals surface area contributed by atoms with Gasteiger partial charge in [0.15, 0.2) is 0 Å². The van der Waals surface area contributed by atoms with E-state index in [1.165, 1.54) is 0 Å².